The Morgan fingerprint density at radius 2 is 2.44 bits per heavy atom. The first kappa shape index (κ1) is 13.0. The fraction of sp³-hybridized carbons (Fsp3) is 0.500. The minimum absolute atomic E-state index is 0. The van der Waals surface area contributed by atoms with Crippen molar-refractivity contribution in [1.82, 2.24) is 4.90 Å². The molecule has 0 bridgehead atoms. The average Bonchev–Trinajstić information content (AvgIpc) is 2.81. The lowest BCUT2D eigenvalue weighted by molar-refractivity contribution is -0.0167. The number of halogens is 1. The molecular weight excluding hydrogens is 232 g/mol. The van der Waals surface area contributed by atoms with Gasteiger partial charge in [0.1, 0.15) is 6.26 Å². The fourth-order valence-electron chi connectivity index (χ4n) is 1.62. The van der Waals surface area contributed by atoms with E-state index in [-0.39, 0.29) is 24.4 Å². The van der Waals surface area contributed by atoms with Crippen molar-refractivity contribution in [2.45, 2.75) is 6.10 Å². The summed E-state index contributed by atoms with van der Waals surface area (Å²) in [4.78, 5) is 13.6. The van der Waals surface area contributed by atoms with Crippen LogP contribution in [0.3, 0.4) is 0 Å². The Balaban J connectivity index is 0.00000128. The van der Waals surface area contributed by atoms with Crippen molar-refractivity contribution in [3.05, 3.63) is 24.2 Å². The third-order valence-corrected chi connectivity index (χ3v) is 2.46. The lowest BCUT2D eigenvalue weighted by Crippen LogP contribution is -2.48. The Morgan fingerprint density at radius 1 is 1.62 bits per heavy atom. The summed E-state index contributed by atoms with van der Waals surface area (Å²) in [6, 6.07) is 1.66. The molecule has 1 aromatic heterocycles. The Labute approximate surface area is 99.9 Å². The van der Waals surface area contributed by atoms with Crippen LogP contribution in [-0.2, 0) is 4.74 Å². The lowest BCUT2D eigenvalue weighted by Gasteiger charge is -2.32. The molecule has 0 radical (unpaired) electrons. The van der Waals surface area contributed by atoms with Gasteiger partial charge in [-0.3, -0.25) is 4.79 Å². The van der Waals surface area contributed by atoms with Crippen molar-refractivity contribution >= 4 is 18.3 Å². The van der Waals surface area contributed by atoms with Crippen LogP contribution in [0, 0.1) is 0 Å². The molecule has 0 aromatic carbocycles. The first-order chi connectivity index (χ1) is 7.31. The molecule has 2 rings (SSSR count). The molecule has 0 spiro atoms. The molecule has 1 amide bonds. The second kappa shape index (κ2) is 5.89. The third-order valence-electron chi connectivity index (χ3n) is 2.46. The van der Waals surface area contributed by atoms with Gasteiger partial charge in [-0.05, 0) is 6.07 Å². The number of morpholine rings is 1. The summed E-state index contributed by atoms with van der Waals surface area (Å²) in [6.45, 7) is 2.15. The van der Waals surface area contributed by atoms with Gasteiger partial charge in [0.25, 0.3) is 5.91 Å². The van der Waals surface area contributed by atoms with Crippen molar-refractivity contribution in [3.8, 4) is 0 Å². The van der Waals surface area contributed by atoms with Crippen molar-refractivity contribution in [3.63, 3.8) is 0 Å². The number of carbonyl (C=O) groups excluding carboxylic acids is 1. The Kier molecular flexibility index (Phi) is 4.79. The summed E-state index contributed by atoms with van der Waals surface area (Å²) < 4.78 is 10.3. The van der Waals surface area contributed by atoms with Crippen LogP contribution >= 0.6 is 12.4 Å². The number of amides is 1. The molecule has 2 N–H and O–H groups in total. The summed E-state index contributed by atoms with van der Waals surface area (Å²) in [6.07, 6.45) is 2.90. The maximum Gasteiger partial charge on any atom is 0.257 e. The molecule has 0 saturated carbocycles. The van der Waals surface area contributed by atoms with Gasteiger partial charge in [0.15, 0.2) is 0 Å². The quantitative estimate of drug-likeness (QED) is 0.825. The summed E-state index contributed by atoms with van der Waals surface area (Å²) >= 11 is 0. The largest absolute Gasteiger partial charge is 0.472 e. The molecule has 1 saturated heterocycles. The molecule has 90 valence electrons. The van der Waals surface area contributed by atoms with Crippen LogP contribution < -0.4 is 5.73 Å². The van der Waals surface area contributed by atoms with Gasteiger partial charge in [0.2, 0.25) is 0 Å². The monoisotopic (exact) mass is 246 g/mol. The number of hydrogen-bond acceptors (Lipinski definition) is 4. The highest BCUT2D eigenvalue weighted by atomic mass is 35.5. The van der Waals surface area contributed by atoms with E-state index in [1.54, 1.807) is 11.0 Å². The lowest BCUT2D eigenvalue weighted by atomic mass is 10.2. The zero-order valence-corrected chi connectivity index (χ0v) is 9.61. The van der Waals surface area contributed by atoms with E-state index in [1.165, 1.54) is 12.5 Å². The van der Waals surface area contributed by atoms with E-state index >= 15 is 0 Å². The van der Waals surface area contributed by atoms with E-state index < -0.39 is 0 Å². The van der Waals surface area contributed by atoms with E-state index in [4.69, 9.17) is 14.9 Å². The predicted octanol–water partition coefficient (Wildman–Crippen LogP) is 0.501. The van der Waals surface area contributed by atoms with Crippen LogP contribution in [0.1, 0.15) is 10.4 Å². The summed E-state index contributed by atoms with van der Waals surface area (Å²) in [7, 11) is 0. The number of carbonyl (C=O) groups is 1. The second-order valence-electron chi connectivity index (χ2n) is 3.49. The van der Waals surface area contributed by atoms with Gasteiger partial charge in [-0.15, -0.1) is 12.4 Å². The molecule has 16 heavy (non-hydrogen) atoms. The highest BCUT2D eigenvalue weighted by Gasteiger charge is 2.24. The normalized spacial score (nSPS) is 20.3. The number of rotatable bonds is 2. The Bertz CT molecular complexity index is 329. The van der Waals surface area contributed by atoms with E-state index in [0.717, 1.165) is 0 Å². The second-order valence-corrected chi connectivity index (χ2v) is 3.49. The summed E-state index contributed by atoms with van der Waals surface area (Å²) in [5.74, 6) is -0.0227. The van der Waals surface area contributed by atoms with Crippen molar-refractivity contribution in [1.29, 1.82) is 0 Å². The number of furan rings is 1. The third kappa shape index (κ3) is 2.75. The zero-order chi connectivity index (χ0) is 10.7. The van der Waals surface area contributed by atoms with Crippen LogP contribution in [0.2, 0.25) is 0 Å². The van der Waals surface area contributed by atoms with Crippen molar-refractivity contribution < 1.29 is 13.9 Å². The standard InChI is InChI=1S/C10H14N2O3.ClH/c11-5-9-6-12(2-4-15-9)10(13)8-1-3-14-7-8;/h1,3,7,9H,2,4-6,11H2;1H. The average molecular weight is 247 g/mol. The molecule has 2 heterocycles. The number of nitrogens with two attached hydrogens (primary N) is 1. The topological polar surface area (TPSA) is 68.7 Å². The van der Waals surface area contributed by atoms with Gasteiger partial charge in [-0.25, -0.2) is 0 Å². The van der Waals surface area contributed by atoms with Crippen molar-refractivity contribution in [2.24, 2.45) is 5.73 Å². The maximum atomic E-state index is 11.9. The molecule has 1 fully saturated rings. The first-order valence-corrected chi connectivity index (χ1v) is 4.94. The number of ether oxygens (including phenoxy) is 1. The smallest absolute Gasteiger partial charge is 0.257 e. The molecule has 1 aliphatic rings. The molecule has 1 atom stereocenters. The Hall–Kier alpha value is -1.04. The minimum atomic E-state index is -0.0467. The highest BCUT2D eigenvalue weighted by Crippen LogP contribution is 2.10. The predicted molar refractivity (Wildman–Crippen MR) is 60.7 cm³/mol. The highest BCUT2D eigenvalue weighted by molar-refractivity contribution is 5.93. The first-order valence-electron chi connectivity index (χ1n) is 4.94. The van der Waals surface area contributed by atoms with Crippen molar-refractivity contribution in [2.75, 3.05) is 26.2 Å². The molecule has 5 nitrogen and oxygen atoms in total. The molecule has 6 heteroatoms. The Morgan fingerprint density at radius 3 is 3.06 bits per heavy atom. The SMILES string of the molecule is Cl.NCC1CN(C(=O)c2ccoc2)CCO1. The van der Waals surface area contributed by atoms with Gasteiger partial charge < -0.3 is 19.8 Å². The maximum absolute atomic E-state index is 11.9. The molecular formula is C10H15ClN2O3. The van der Waals surface area contributed by atoms with E-state index in [2.05, 4.69) is 0 Å². The molecule has 0 aliphatic carbocycles. The molecule has 1 aromatic rings. The minimum Gasteiger partial charge on any atom is -0.472 e. The van der Waals surface area contributed by atoms with Gasteiger partial charge >= 0.3 is 0 Å². The molecule has 1 unspecified atom stereocenters. The fourth-order valence-corrected chi connectivity index (χ4v) is 1.62. The van der Waals surface area contributed by atoms with E-state index in [9.17, 15) is 4.79 Å². The van der Waals surface area contributed by atoms with Gasteiger partial charge in [-0.1, -0.05) is 0 Å². The van der Waals surface area contributed by atoms with Gasteiger partial charge in [-0.2, -0.15) is 0 Å². The van der Waals surface area contributed by atoms with E-state index in [1.807, 2.05) is 0 Å². The van der Waals surface area contributed by atoms with Crippen LogP contribution in [0.4, 0.5) is 0 Å². The number of hydrogen-bond donors (Lipinski definition) is 1. The summed E-state index contributed by atoms with van der Waals surface area (Å²) in [5, 5.41) is 0. The van der Waals surface area contributed by atoms with Crippen LogP contribution in [0.25, 0.3) is 0 Å². The van der Waals surface area contributed by atoms with Gasteiger partial charge in [0, 0.05) is 19.6 Å². The molecule has 1 aliphatic heterocycles. The van der Waals surface area contributed by atoms with Crippen LogP contribution in [0.15, 0.2) is 23.0 Å². The van der Waals surface area contributed by atoms with E-state index in [0.29, 0.717) is 31.8 Å². The number of nitrogens with zero attached hydrogens (tertiary/aromatic N) is 1. The summed E-state index contributed by atoms with van der Waals surface area (Å²) in [5.41, 5.74) is 6.08. The van der Waals surface area contributed by atoms with Crippen LogP contribution in [0.5, 0.6) is 0 Å². The van der Waals surface area contributed by atoms with Gasteiger partial charge in [0.05, 0.1) is 24.5 Å². The zero-order valence-electron chi connectivity index (χ0n) is 8.80. The van der Waals surface area contributed by atoms with Crippen LogP contribution in [-0.4, -0.2) is 43.2 Å².